The Morgan fingerprint density at radius 2 is 2.00 bits per heavy atom. The van der Waals surface area contributed by atoms with E-state index in [1.54, 1.807) is 0 Å². The molecule has 1 aromatic rings. The number of nitrogen functional groups attached to an aromatic ring is 1. The highest BCUT2D eigenvalue weighted by atomic mass is 15.2. The molecule has 2 nitrogen and oxygen atoms in total. The van der Waals surface area contributed by atoms with Crippen molar-refractivity contribution in [2.45, 2.75) is 38.6 Å². The predicted octanol–water partition coefficient (Wildman–Crippen LogP) is 3.21. The minimum atomic E-state index is 0.559. The molecule has 0 radical (unpaired) electrons. The summed E-state index contributed by atoms with van der Waals surface area (Å²) in [6.45, 7) is 4.75. The lowest BCUT2D eigenvalue weighted by Crippen LogP contribution is -2.33. The van der Waals surface area contributed by atoms with Crippen LogP contribution < -0.4 is 5.73 Å². The largest absolute Gasteiger partial charge is 0.399 e. The molecule has 0 aromatic heterocycles. The molecular weight excluding hydrogens is 196 g/mol. The van der Waals surface area contributed by atoms with Gasteiger partial charge in [-0.3, -0.25) is 4.90 Å². The predicted molar refractivity (Wildman–Crippen MR) is 69.3 cm³/mol. The number of hydrogen-bond acceptors (Lipinski definition) is 2. The van der Waals surface area contributed by atoms with Crippen LogP contribution in [0.2, 0.25) is 0 Å². The van der Waals surface area contributed by atoms with Gasteiger partial charge in [-0.15, -0.1) is 0 Å². The van der Waals surface area contributed by atoms with Gasteiger partial charge in [0.05, 0.1) is 0 Å². The smallest absolute Gasteiger partial charge is 0.0346 e. The van der Waals surface area contributed by atoms with Gasteiger partial charge in [0, 0.05) is 11.7 Å². The van der Waals surface area contributed by atoms with E-state index < -0.39 is 0 Å². The highest BCUT2D eigenvalue weighted by molar-refractivity contribution is 5.41. The third-order valence-electron chi connectivity index (χ3n) is 3.51. The van der Waals surface area contributed by atoms with Crippen LogP contribution in [0.15, 0.2) is 24.3 Å². The Kier molecular flexibility index (Phi) is 3.83. The topological polar surface area (TPSA) is 29.3 Å². The van der Waals surface area contributed by atoms with Crippen LogP contribution in [0.4, 0.5) is 5.69 Å². The van der Waals surface area contributed by atoms with Crippen LogP contribution in [-0.4, -0.2) is 18.0 Å². The maximum absolute atomic E-state index is 5.86. The second-order valence-corrected chi connectivity index (χ2v) is 4.69. The Balaban J connectivity index is 2.14. The molecule has 16 heavy (non-hydrogen) atoms. The van der Waals surface area contributed by atoms with Crippen LogP contribution in [0.25, 0.3) is 0 Å². The summed E-state index contributed by atoms with van der Waals surface area (Å²) in [6.07, 6.45) is 5.25. The molecule has 0 amide bonds. The highest BCUT2D eigenvalue weighted by Crippen LogP contribution is 2.28. The zero-order chi connectivity index (χ0) is 11.4. The first-order chi connectivity index (χ1) is 7.81. The lowest BCUT2D eigenvalue weighted by molar-refractivity contribution is 0.159. The second-order valence-electron chi connectivity index (χ2n) is 4.69. The summed E-state index contributed by atoms with van der Waals surface area (Å²) in [4.78, 5) is 2.61. The molecule has 0 spiro atoms. The third kappa shape index (κ3) is 2.56. The average molecular weight is 218 g/mol. The molecule has 1 fully saturated rings. The number of rotatable bonds is 3. The SMILES string of the molecule is CCC(c1cccc(N)c1)N1CCCCC1. The van der Waals surface area contributed by atoms with Crippen molar-refractivity contribution in [3.05, 3.63) is 29.8 Å². The first-order valence-electron chi connectivity index (χ1n) is 6.40. The maximum Gasteiger partial charge on any atom is 0.0346 e. The van der Waals surface area contributed by atoms with Crippen LogP contribution >= 0.6 is 0 Å². The summed E-state index contributed by atoms with van der Waals surface area (Å²) in [6, 6.07) is 8.93. The van der Waals surface area contributed by atoms with Gasteiger partial charge in [-0.1, -0.05) is 25.5 Å². The Morgan fingerprint density at radius 1 is 1.25 bits per heavy atom. The van der Waals surface area contributed by atoms with Crippen LogP contribution in [0, 0.1) is 0 Å². The fourth-order valence-corrected chi connectivity index (χ4v) is 2.70. The van der Waals surface area contributed by atoms with Gasteiger partial charge in [-0.2, -0.15) is 0 Å². The van der Waals surface area contributed by atoms with Crippen molar-refractivity contribution in [2.24, 2.45) is 0 Å². The number of nitrogens with two attached hydrogens (primary N) is 1. The van der Waals surface area contributed by atoms with Gasteiger partial charge >= 0.3 is 0 Å². The fourth-order valence-electron chi connectivity index (χ4n) is 2.70. The van der Waals surface area contributed by atoms with Crippen LogP contribution in [-0.2, 0) is 0 Å². The van der Waals surface area contributed by atoms with Gasteiger partial charge in [-0.25, -0.2) is 0 Å². The summed E-state index contributed by atoms with van der Waals surface area (Å²) in [5.41, 5.74) is 8.12. The van der Waals surface area contributed by atoms with E-state index in [-0.39, 0.29) is 0 Å². The van der Waals surface area contributed by atoms with Crippen molar-refractivity contribution < 1.29 is 0 Å². The first-order valence-corrected chi connectivity index (χ1v) is 6.40. The van der Waals surface area contributed by atoms with Crippen molar-refractivity contribution in [1.29, 1.82) is 0 Å². The standard InChI is InChI=1S/C14H22N2/c1-2-14(16-9-4-3-5-10-16)12-7-6-8-13(15)11-12/h6-8,11,14H,2-5,9-10,15H2,1H3. The Morgan fingerprint density at radius 3 is 2.62 bits per heavy atom. The van der Waals surface area contributed by atoms with Gasteiger partial charge in [-0.05, 0) is 50.0 Å². The molecule has 1 saturated heterocycles. The lowest BCUT2D eigenvalue weighted by Gasteiger charge is -2.34. The number of piperidine rings is 1. The molecule has 1 unspecified atom stereocenters. The number of benzene rings is 1. The van der Waals surface area contributed by atoms with Crippen molar-refractivity contribution in [1.82, 2.24) is 4.90 Å². The van der Waals surface area contributed by atoms with Crippen LogP contribution in [0.5, 0.6) is 0 Å². The minimum absolute atomic E-state index is 0.559. The Bertz CT molecular complexity index is 329. The number of anilines is 1. The molecule has 0 bridgehead atoms. The first kappa shape index (κ1) is 11.5. The molecule has 1 aromatic carbocycles. The summed E-state index contributed by atoms with van der Waals surface area (Å²) >= 11 is 0. The average Bonchev–Trinajstić information content (AvgIpc) is 2.31. The maximum atomic E-state index is 5.86. The van der Waals surface area contributed by atoms with Gasteiger partial charge in [0.1, 0.15) is 0 Å². The molecule has 2 N–H and O–H groups in total. The van der Waals surface area contributed by atoms with Crippen molar-refractivity contribution >= 4 is 5.69 Å². The van der Waals surface area contributed by atoms with Crippen molar-refractivity contribution in [2.75, 3.05) is 18.8 Å². The zero-order valence-corrected chi connectivity index (χ0v) is 10.2. The van der Waals surface area contributed by atoms with E-state index in [1.807, 2.05) is 6.07 Å². The van der Waals surface area contributed by atoms with Crippen molar-refractivity contribution in [3.63, 3.8) is 0 Å². The van der Waals surface area contributed by atoms with Crippen LogP contribution in [0.3, 0.4) is 0 Å². The normalized spacial score (nSPS) is 19.6. The molecule has 0 saturated carbocycles. The second kappa shape index (κ2) is 5.35. The Labute approximate surface area is 98.4 Å². The van der Waals surface area contributed by atoms with E-state index in [1.165, 1.54) is 44.3 Å². The van der Waals surface area contributed by atoms with E-state index in [0.717, 1.165) is 5.69 Å². The summed E-state index contributed by atoms with van der Waals surface area (Å²) in [5.74, 6) is 0. The molecule has 1 heterocycles. The van der Waals surface area contributed by atoms with Gasteiger partial charge in [0.25, 0.3) is 0 Å². The molecule has 1 atom stereocenters. The number of hydrogen-bond donors (Lipinski definition) is 1. The van der Waals surface area contributed by atoms with E-state index in [2.05, 4.69) is 30.0 Å². The van der Waals surface area contributed by atoms with E-state index in [4.69, 9.17) is 5.73 Å². The van der Waals surface area contributed by atoms with E-state index in [9.17, 15) is 0 Å². The summed E-state index contributed by atoms with van der Waals surface area (Å²) < 4.78 is 0. The molecule has 2 rings (SSSR count). The molecular formula is C14H22N2. The highest BCUT2D eigenvalue weighted by Gasteiger charge is 2.20. The molecule has 2 heteroatoms. The molecule has 1 aliphatic rings. The van der Waals surface area contributed by atoms with E-state index >= 15 is 0 Å². The molecule has 88 valence electrons. The van der Waals surface area contributed by atoms with Crippen molar-refractivity contribution in [3.8, 4) is 0 Å². The van der Waals surface area contributed by atoms with Gasteiger partial charge < -0.3 is 5.73 Å². The minimum Gasteiger partial charge on any atom is -0.399 e. The molecule has 1 aliphatic heterocycles. The van der Waals surface area contributed by atoms with Gasteiger partial charge in [0.2, 0.25) is 0 Å². The number of nitrogens with zero attached hydrogens (tertiary/aromatic N) is 1. The third-order valence-corrected chi connectivity index (χ3v) is 3.51. The summed E-state index contributed by atoms with van der Waals surface area (Å²) in [5, 5.41) is 0. The zero-order valence-electron chi connectivity index (χ0n) is 10.2. The quantitative estimate of drug-likeness (QED) is 0.789. The van der Waals surface area contributed by atoms with Crippen LogP contribution in [0.1, 0.15) is 44.2 Å². The number of likely N-dealkylation sites (tertiary alicyclic amines) is 1. The lowest BCUT2D eigenvalue weighted by atomic mass is 9.99. The van der Waals surface area contributed by atoms with Gasteiger partial charge in [0.15, 0.2) is 0 Å². The summed E-state index contributed by atoms with van der Waals surface area (Å²) in [7, 11) is 0. The monoisotopic (exact) mass is 218 g/mol. The molecule has 0 aliphatic carbocycles. The Hall–Kier alpha value is -1.02. The fraction of sp³-hybridized carbons (Fsp3) is 0.571. The van der Waals surface area contributed by atoms with E-state index in [0.29, 0.717) is 6.04 Å².